The van der Waals surface area contributed by atoms with Crippen molar-refractivity contribution in [2.24, 2.45) is 5.41 Å². The van der Waals surface area contributed by atoms with Gasteiger partial charge in [-0.15, -0.1) is 0 Å². The lowest BCUT2D eigenvalue weighted by atomic mass is 9.80. The van der Waals surface area contributed by atoms with Crippen molar-refractivity contribution < 1.29 is 34.4 Å². The highest BCUT2D eigenvalue weighted by atomic mass is 16.7. The molecule has 0 saturated heterocycles. The zero-order chi connectivity index (χ0) is 30.6. The molecule has 0 bridgehead atoms. The Bertz CT molecular complexity index is 1380. The van der Waals surface area contributed by atoms with E-state index in [0.29, 0.717) is 0 Å². The van der Waals surface area contributed by atoms with E-state index in [4.69, 9.17) is 9.47 Å². The lowest BCUT2D eigenvalue weighted by Crippen LogP contribution is -2.39. The van der Waals surface area contributed by atoms with Crippen molar-refractivity contribution in [3.05, 3.63) is 144 Å². The number of cyclic esters (lactones) is 1. The van der Waals surface area contributed by atoms with Crippen molar-refractivity contribution in [1.82, 2.24) is 5.32 Å². The molecule has 1 aromatic rings. The van der Waals surface area contributed by atoms with Gasteiger partial charge in [0.1, 0.15) is 18.0 Å². The molecule has 0 fully saturated rings. The lowest BCUT2D eigenvalue weighted by molar-refractivity contribution is -0.181. The molecule has 1 heterocycles. The molecule has 0 aromatic heterocycles. The Labute approximate surface area is 246 Å². The van der Waals surface area contributed by atoms with Gasteiger partial charge in [-0.2, -0.15) is 0 Å². The summed E-state index contributed by atoms with van der Waals surface area (Å²) < 4.78 is 10.5. The number of allylic oxidation sites excluding steroid dienone is 12. The van der Waals surface area contributed by atoms with Gasteiger partial charge in [-0.05, 0) is 18.6 Å². The van der Waals surface area contributed by atoms with Crippen LogP contribution in [0.15, 0.2) is 139 Å². The van der Waals surface area contributed by atoms with E-state index in [1.165, 1.54) is 32.3 Å². The standard InChI is InChI=1S/C34H37NO7/c1-33-23-17-10-6-5-9-16-22-27(36)35-26(25-19-13-12-14-20-25)21-15-8-4-7-11-18-24-34(2,40)42-32(39)28(33)29(37)30(41-3)31(33)38/h4-24,26,30-31,37-38,40H,1-3H3,(H,35,36)/b8-4-,9-5+,10-6+,11-7+,21-15+,22-16+,23-17+,24-18+. The minimum Gasteiger partial charge on any atom is -0.509 e. The fourth-order valence-electron chi connectivity index (χ4n) is 4.48. The van der Waals surface area contributed by atoms with E-state index < -0.39 is 35.1 Å². The summed E-state index contributed by atoms with van der Waals surface area (Å²) in [6.45, 7) is 2.84. The summed E-state index contributed by atoms with van der Waals surface area (Å²) in [7, 11) is 1.30. The number of esters is 1. The zero-order valence-corrected chi connectivity index (χ0v) is 23.8. The smallest absolute Gasteiger partial charge is 0.341 e. The average molecular weight is 572 g/mol. The summed E-state index contributed by atoms with van der Waals surface area (Å²) in [4.78, 5) is 25.7. The largest absolute Gasteiger partial charge is 0.509 e. The van der Waals surface area contributed by atoms with E-state index in [-0.39, 0.29) is 17.5 Å². The highest BCUT2D eigenvalue weighted by Crippen LogP contribution is 2.45. The zero-order valence-electron chi connectivity index (χ0n) is 23.8. The second kappa shape index (κ2) is 14.9. The molecule has 0 saturated carbocycles. The summed E-state index contributed by atoms with van der Waals surface area (Å²) in [5.74, 6) is -3.74. The van der Waals surface area contributed by atoms with Crippen LogP contribution in [0.25, 0.3) is 0 Å². The maximum Gasteiger partial charge on any atom is 0.341 e. The minimum atomic E-state index is -2.01. The number of carbonyl (C=O) groups excluding carboxylic acids is 2. The molecular formula is C34H37NO7. The fourth-order valence-corrected chi connectivity index (χ4v) is 4.48. The molecule has 42 heavy (non-hydrogen) atoms. The number of amides is 1. The molecule has 8 nitrogen and oxygen atoms in total. The first-order valence-electron chi connectivity index (χ1n) is 13.4. The second-order valence-corrected chi connectivity index (χ2v) is 9.99. The van der Waals surface area contributed by atoms with Crippen LogP contribution in [0.1, 0.15) is 25.5 Å². The van der Waals surface area contributed by atoms with Gasteiger partial charge in [0.15, 0.2) is 0 Å². The van der Waals surface area contributed by atoms with Crippen molar-refractivity contribution >= 4 is 11.9 Å². The van der Waals surface area contributed by atoms with E-state index >= 15 is 0 Å². The number of rotatable bonds is 2. The molecule has 220 valence electrons. The Morgan fingerprint density at radius 2 is 1.40 bits per heavy atom. The van der Waals surface area contributed by atoms with Crippen LogP contribution in [0.2, 0.25) is 0 Å². The third-order valence-corrected chi connectivity index (χ3v) is 6.69. The highest BCUT2D eigenvalue weighted by Gasteiger charge is 2.53. The fraction of sp³-hybridized carbons (Fsp3) is 0.235. The van der Waals surface area contributed by atoms with Crippen molar-refractivity contribution in [2.75, 3.05) is 7.11 Å². The SMILES string of the molecule is COC1C(O)=C2C(=O)OC(C)(O)/C=C/C=C/C=C\C=C\C(c3ccccc3)NC(=O)/C=C/C=C/C=C/C=C/C2(C)C1O. The summed E-state index contributed by atoms with van der Waals surface area (Å²) in [6.07, 6.45) is 23.8. The summed E-state index contributed by atoms with van der Waals surface area (Å²) >= 11 is 0. The second-order valence-electron chi connectivity index (χ2n) is 9.99. The van der Waals surface area contributed by atoms with Gasteiger partial charge in [-0.3, -0.25) is 4.79 Å². The van der Waals surface area contributed by atoms with E-state index in [1.54, 1.807) is 73.8 Å². The number of ether oxygens (including phenoxy) is 2. The van der Waals surface area contributed by atoms with Gasteiger partial charge in [0.2, 0.25) is 11.7 Å². The number of methoxy groups -OCH3 is 1. The van der Waals surface area contributed by atoms with Gasteiger partial charge >= 0.3 is 5.97 Å². The maximum atomic E-state index is 13.2. The molecule has 0 spiro atoms. The first-order valence-corrected chi connectivity index (χ1v) is 13.4. The average Bonchev–Trinajstić information content (AvgIpc) is 3.14. The third kappa shape index (κ3) is 8.50. The summed E-state index contributed by atoms with van der Waals surface area (Å²) in [5.41, 5.74) is -0.678. The quantitative estimate of drug-likeness (QED) is 0.377. The Balaban J connectivity index is 1.92. The van der Waals surface area contributed by atoms with Crippen LogP contribution in [0.4, 0.5) is 0 Å². The van der Waals surface area contributed by atoms with E-state index in [0.717, 1.165) is 5.56 Å². The third-order valence-electron chi connectivity index (χ3n) is 6.69. The molecule has 1 aromatic carbocycles. The van der Waals surface area contributed by atoms with Crippen LogP contribution >= 0.6 is 0 Å². The number of carbonyl (C=O) groups is 2. The van der Waals surface area contributed by atoms with Crippen molar-refractivity contribution in [1.29, 1.82) is 0 Å². The van der Waals surface area contributed by atoms with Gasteiger partial charge in [0, 0.05) is 20.1 Å². The molecule has 8 heteroatoms. The first-order chi connectivity index (χ1) is 20.1. The van der Waals surface area contributed by atoms with Crippen molar-refractivity contribution in [3.8, 4) is 0 Å². The molecule has 1 aliphatic carbocycles. The van der Waals surface area contributed by atoms with Gasteiger partial charge in [0.05, 0.1) is 17.0 Å². The summed E-state index contributed by atoms with van der Waals surface area (Å²) in [6, 6.07) is 9.23. The Morgan fingerprint density at radius 3 is 2.05 bits per heavy atom. The molecule has 1 amide bonds. The van der Waals surface area contributed by atoms with E-state index in [2.05, 4.69) is 5.32 Å². The van der Waals surface area contributed by atoms with Crippen LogP contribution in [-0.4, -0.2) is 52.3 Å². The van der Waals surface area contributed by atoms with Crippen LogP contribution in [-0.2, 0) is 19.1 Å². The molecule has 4 N–H and O–H groups in total. The Kier molecular flexibility index (Phi) is 11.4. The predicted molar refractivity (Wildman–Crippen MR) is 162 cm³/mol. The number of fused-ring (bicyclic) bond motifs is 1. The number of hydrogen-bond acceptors (Lipinski definition) is 7. The molecule has 3 rings (SSSR count). The molecule has 0 radical (unpaired) electrons. The normalized spacial score (nSPS) is 35.4. The number of hydrogen-bond donors (Lipinski definition) is 4. The number of benzene rings is 1. The van der Waals surface area contributed by atoms with Crippen LogP contribution < -0.4 is 5.32 Å². The van der Waals surface area contributed by atoms with E-state index in [1.807, 2.05) is 42.5 Å². The van der Waals surface area contributed by atoms with Crippen LogP contribution in [0.5, 0.6) is 0 Å². The highest BCUT2D eigenvalue weighted by molar-refractivity contribution is 5.93. The number of aliphatic hydroxyl groups excluding tert-OH is 2. The topological polar surface area (TPSA) is 125 Å². The molecular weight excluding hydrogens is 534 g/mol. The number of aliphatic hydroxyl groups is 3. The maximum absolute atomic E-state index is 13.2. The number of nitrogens with one attached hydrogen (secondary N) is 1. The van der Waals surface area contributed by atoms with Crippen LogP contribution in [0.3, 0.4) is 0 Å². The first kappa shape index (κ1) is 32.0. The Hall–Kier alpha value is -4.50. The Morgan fingerprint density at radius 1 is 0.833 bits per heavy atom. The van der Waals surface area contributed by atoms with Gasteiger partial charge < -0.3 is 30.1 Å². The molecule has 5 unspecified atom stereocenters. The van der Waals surface area contributed by atoms with E-state index in [9.17, 15) is 24.9 Å². The summed E-state index contributed by atoms with van der Waals surface area (Å²) in [5, 5.41) is 35.3. The van der Waals surface area contributed by atoms with Gasteiger partial charge in [0.25, 0.3) is 0 Å². The van der Waals surface area contributed by atoms with Gasteiger partial charge in [-0.1, -0.05) is 115 Å². The predicted octanol–water partition coefficient (Wildman–Crippen LogP) is 4.77. The van der Waals surface area contributed by atoms with Crippen LogP contribution in [0, 0.1) is 5.41 Å². The van der Waals surface area contributed by atoms with Gasteiger partial charge in [-0.25, -0.2) is 4.79 Å². The molecule has 2 aliphatic rings. The van der Waals surface area contributed by atoms with Crippen molar-refractivity contribution in [3.63, 3.8) is 0 Å². The monoisotopic (exact) mass is 571 g/mol. The van der Waals surface area contributed by atoms with Crippen molar-refractivity contribution in [2.45, 2.75) is 37.9 Å². The molecule has 1 aliphatic heterocycles. The molecule has 5 atom stereocenters. The lowest BCUT2D eigenvalue weighted by Gasteiger charge is -2.29. The minimum absolute atomic E-state index is 0.224.